The average Bonchev–Trinajstić information content (AvgIpc) is 3.71. The molecule has 2 aromatic rings. The molecule has 1 aliphatic heterocycles. The molecule has 0 unspecified atom stereocenters. The summed E-state index contributed by atoms with van der Waals surface area (Å²) >= 11 is 0. The topological polar surface area (TPSA) is 126 Å². The van der Waals surface area contributed by atoms with Crippen LogP contribution in [0.4, 0.5) is 9.59 Å². The molecule has 3 aliphatic carbocycles. The lowest BCUT2D eigenvalue weighted by Crippen LogP contribution is -2.58. The molecule has 10 nitrogen and oxygen atoms in total. The van der Waals surface area contributed by atoms with Gasteiger partial charge in [-0.2, -0.15) is 0 Å². The smallest absolute Gasteiger partial charge is 0.408 e. The Morgan fingerprint density at radius 2 is 1.19 bits per heavy atom. The number of ether oxygens (including phenoxy) is 2. The molecule has 3 saturated carbocycles. The lowest BCUT2D eigenvalue weighted by molar-refractivity contribution is -0.142. The minimum absolute atomic E-state index is 0.0242. The number of alkyl carbamates (subject to hydrolysis) is 2. The normalized spacial score (nSPS) is 23.2. The van der Waals surface area contributed by atoms with Crippen molar-refractivity contribution in [2.24, 2.45) is 23.7 Å². The summed E-state index contributed by atoms with van der Waals surface area (Å²) in [7, 11) is 0. The van der Waals surface area contributed by atoms with Gasteiger partial charge in [0.25, 0.3) is 0 Å². The van der Waals surface area contributed by atoms with Crippen LogP contribution < -0.4 is 16.0 Å². The first-order chi connectivity index (χ1) is 25.9. The van der Waals surface area contributed by atoms with E-state index in [0.29, 0.717) is 37.3 Å². The highest BCUT2D eigenvalue weighted by molar-refractivity contribution is 5.92. The largest absolute Gasteiger partial charge is 0.445 e. The average molecular weight is 729 g/mol. The summed E-state index contributed by atoms with van der Waals surface area (Å²) in [6.45, 7) is 1.43. The second-order valence-electron chi connectivity index (χ2n) is 15.9. The van der Waals surface area contributed by atoms with Crippen LogP contribution in [0.1, 0.15) is 114 Å². The molecule has 3 N–H and O–H groups in total. The van der Waals surface area contributed by atoms with Crippen LogP contribution in [0.3, 0.4) is 0 Å². The molecule has 10 heteroatoms. The quantitative estimate of drug-likeness (QED) is 0.195. The van der Waals surface area contributed by atoms with Crippen LogP contribution >= 0.6 is 0 Å². The Balaban J connectivity index is 1.05. The maximum atomic E-state index is 14.8. The third-order valence-corrected chi connectivity index (χ3v) is 12.3. The van der Waals surface area contributed by atoms with Crippen molar-refractivity contribution in [2.75, 3.05) is 13.1 Å². The molecule has 4 amide bonds. The second-order valence-corrected chi connectivity index (χ2v) is 15.9. The fourth-order valence-electron chi connectivity index (χ4n) is 9.47. The van der Waals surface area contributed by atoms with Gasteiger partial charge in [0.1, 0.15) is 25.3 Å². The van der Waals surface area contributed by atoms with Gasteiger partial charge in [0.2, 0.25) is 11.8 Å². The minimum atomic E-state index is -0.722. The Bertz CT molecular complexity index is 1440. The zero-order valence-electron chi connectivity index (χ0n) is 31.4. The number of hydrogen-bond donors (Lipinski definition) is 3. The predicted molar refractivity (Wildman–Crippen MR) is 203 cm³/mol. The molecule has 0 bridgehead atoms. The lowest BCUT2D eigenvalue weighted by atomic mass is 9.66. The summed E-state index contributed by atoms with van der Waals surface area (Å²) in [5.74, 6) is 0.805. The molecule has 53 heavy (non-hydrogen) atoms. The van der Waals surface area contributed by atoms with Crippen molar-refractivity contribution in [3.8, 4) is 0 Å². The zero-order valence-corrected chi connectivity index (χ0v) is 31.4. The van der Waals surface area contributed by atoms with Crippen LogP contribution in [0.25, 0.3) is 0 Å². The fraction of sp³-hybridized carbons (Fsp3) is 0.628. The number of likely N-dealkylation sites (tertiary alicyclic amines) is 1. The van der Waals surface area contributed by atoms with Gasteiger partial charge in [-0.25, -0.2) is 9.59 Å². The van der Waals surface area contributed by atoms with Gasteiger partial charge in [0, 0.05) is 19.1 Å². The second kappa shape index (κ2) is 19.8. The molecule has 2 aromatic carbocycles. The van der Waals surface area contributed by atoms with Gasteiger partial charge in [0.15, 0.2) is 0 Å². The van der Waals surface area contributed by atoms with Crippen LogP contribution in [0.5, 0.6) is 0 Å². The van der Waals surface area contributed by atoms with Gasteiger partial charge in [-0.05, 0) is 73.3 Å². The number of benzene rings is 2. The van der Waals surface area contributed by atoms with E-state index < -0.39 is 24.3 Å². The summed E-state index contributed by atoms with van der Waals surface area (Å²) in [4.78, 5) is 56.2. The van der Waals surface area contributed by atoms with E-state index in [-0.39, 0.29) is 37.0 Å². The maximum absolute atomic E-state index is 14.8. The molecule has 4 fully saturated rings. The summed E-state index contributed by atoms with van der Waals surface area (Å²) in [5.41, 5.74) is 1.84. The molecular formula is C43H60N4O6. The SMILES string of the molecule is O=C(NC1CCC(CNC(=O)[C@@H]2CCCN2C(=O)[C@H](NC(=O)OCc2ccccc2)C(C2CCCCC2)C2CCCCC2)CC1)OCc1ccccc1. The monoisotopic (exact) mass is 728 g/mol. The van der Waals surface area contributed by atoms with Crippen molar-refractivity contribution in [3.05, 3.63) is 71.8 Å². The number of carbonyl (C=O) groups excluding carboxylic acids is 4. The Labute approximate surface area is 315 Å². The third-order valence-electron chi connectivity index (χ3n) is 12.3. The Morgan fingerprint density at radius 1 is 0.642 bits per heavy atom. The van der Waals surface area contributed by atoms with E-state index >= 15 is 0 Å². The molecule has 1 saturated heterocycles. The molecule has 0 aromatic heterocycles. The van der Waals surface area contributed by atoms with E-state index in [0.717, 1.165) is 94.6 Å². The van der Waals surface area contributed by atoms with Gasteiger partial charge in [-0.1, -0.05) is 125 Å². The molecule has 2 atom stereocenters. The highest BCUT2D eigenvalue weighted by Crippen LogP contribution is 2.42. The van der Waals surface area contributed by atoms with E-state index in [9.17, 15) is 19.2 Å². The van der Waals surface area contributed by atoms with E-state index in [1.165, 1.54) is 12.8 Å². The van der Waals surface area contributed by atoms with E-state index in [1.807, 2.05) is 60.7 Å². The van der Waals surface area contributed by atoms with Crippen molar-refractivity contribution < 1.29 is 28.7 Å². The van der Waals surface area contributed by atoms with Crippen LogP contribution in [-0.2, 0) is 32.3 Å². The molecule has 1 heterocycles. The molecule has 6 rings (SSSR count). The van der Waals surface area contributed by atoms with Gasteiger partial charge < -0.3 is 30.3 Å². The van der Waals surface area contributed by atoms with E-state index in [2.05, 4.69) is 16.0 Å². The van der Waals surface area contributed by atoms with Crippen LogP contribution in [0, 0.1) is 23.7 Å². The van der Waals surface area contributed by atoms with Crippen molar-refractivity contribution in [1.82, 2.24) is 20.9 Å². The number of hydrogen-bond acceptors (Lipinski definition) is 6. The predicted octanol–water partition coefficient (Wildman–Crippen LogP) is 7.65. The van der Waals surface area contributed by atoms with Gasteiger partial charge >= 0.3 is 12.2 Å². The van der Waals surface area contributed by atoms with Gasteiger partial charge in [-0.15, -0.1) is 0 Å². The summed E-state index contributed by atoms with van der Waals surface area (Å²) in [6.07, 6.45) is 15.1. The Morgan fingerprint density at radius 3 is 1.75 bits per heavy atom. The summed E-state index contributed by atoms with van der Waals surface area (Å²) < 4.78 is 11.1. The summed E-state index contributed by atoms with van der Waals surface area (Å²) in [6, 6.07) is 18.0. The standard InChI is InChI=1S/C43H60N4O6/c48-40(44-28-31-23-25-36(26-24-31)45-42(50)52-29-32-14-5-1-6-15-32)37-22-13-27-47(37)41(49)39(46-43(51)53-30-33-16-7-2-8-17-33)38(34-18-9-3-10-19-34)35-20-11-4-12-21-35/h1-2,5-8,14-17,31,34-39H,3-4,9-13,18-30H2,(H,44,48)(H,45,50)(H,46,51)/t31?,36?,37-,39+/m0/s1. The van der Waals surface area contributed by atoms with Crippen molar-refractivity contribution in [1.29, 1.82) is 0 Å². The fourth-order valence-corrected chi connectivity index (χ4v) is 9.47. The Hall–Kier alpha value is -4.08. The first-order valence-corrected chi connectivity index (χ1v) is 20.5. The third kappa shape index (κ3) is 11.2. The molecule has 0 spiro atoms. The number of carbonyl (C=O) groups is 4. The Kier molecular flexibility index (Phi) is 14.5. The van der Waals surface area contributed by atoms with Crippen LogP contribution in [0.15, 0.2) is 60.7 Å². The van der Waals surface area contributed by atoms with Crippen LogP contribution in [-0.4, -0.2) is 60.1 Å². The van der Waals surface area contributed by atoms with Gasteiger partial charge in [-0.3, -0.25) is 9.59 Å². The number of rotatable bonds is 13. The number of nitrogens with zero attached hydrogens (tertiary/aromatic N) is 1. The maximum Gasteiger partial charge on any atom is 0.408 e. The number of nitrogens with one attached hydrogen (secondary N) is 3. The van der Waals surface area contributed by atoms with Gasteiger partial charge in [0.05, 0.1) is 0 Å². The molecule has 4 aliphatic rings. The first kappa shape index (κ1) is 38.6. The molecule has 0 radical (unpaired) electrons. The van der Waals surface area contributed by atoms with Crippen molar-refractivity contribution >= 4 is 24.0 Å². The van der Waals surface area contributed by atoms with Crippen molar-refractivity contribution in [2.45, 2.75) is 134 Å². The summed E-state index contributed by atoms with van der Waals surface area (Å²) in [5, 5.41) is 9.31. The molecular weight excluding hydrogens is 668 g/mol. The zero-order chi connectivity index (χ0) is 36.8. The first-order valence-electron chi connectivity index (χ1n) is 20.5. The van der Waals surface area contributed by atoms with Crippen LogP contribution in [0.2, 0.25) is 0 Å². The highest BCUT2D eigenvalue weighted by Gasteiger charge is 2.45. The highest BCUT2D eigenvalue weighted by atomic mass is 16.6. The minimum Gasteiger partial charge on any atom is -0.445 e. The van der Waals surface area contributed by atoms with E-state index in [1.54, 1.807) is 4.90 Å². The number of amides is 4. The van der Waals surface area contributed by atoms with E-state index in [4.69, 9.17) is 9.47 Å². The van der Waals surface area contributed by atoms with Crippen molar-refractivity contribution in [3.63, 3.8) is 0 Å². The lowest BCUT2D eigenvalue weighted by Gasteiger charge is -2.43. The molecule has 288 valence electrons.